The number of aromatic nitrogens is 12. The molecule has 0 unspecified atom stereocenters. The molecule has 6 rings (SSSR count). The number of unbranched alkanes of at least 4 members (excludes halogenated alkanes) is 1. The molecule has 0 fully saturated rings. The summed E-state index contributed by atoms with van der Waals surface area (Å²) in [6.07, 6.45) is 14.2. The maximum Gasteiger partial charge on any atom is 0.185 e. The van der Waals surface area contributed by atoms with Crippen molar-refractivity contribution in [3.8, 4) is 0 Å². The molecule has 16 heteroatoms. The second-order valence-electron chi connectivity index (χ2n) is 8.40. The van der Waals surface area contributed by atoms with Gasteiger partial charge in [-0.15, -0.1) is 0 Å². The Hall–Kier alpha value is -2.75. The fraction of sp³-hybridized carbons (Fsp3) is 0.400. The van der Waals surface area contributed by atoms with Crippen LogP contribution in [-0.2, 0) is 13.1 Å². The zero-order valence-electron chi connectivity index (χ0n) is 22.8. The molecule has 0 atom stereocenters. The lowest BCUT2D eigenvalue weighted by Crippen LogP contribution is -1.99. The quantitative estimate of drug-likeness (QED) is 0.109. The number of rotatable bonds is 6. The summed E-state index contributed by atoms with van der Waals surface area (Å²) in [5.74, 6) is 0. The molecule has 0 bridgehead atoms. The first-order valence-corrected chi connectivity index (χ1v) is 15.6. The second-order valence-corrected chi connectivity index (χ2v) is 10.6. The van der Waals surface area contributed by atoms with Crippen molar-refractivity contribution in [2.24, 2.45) is 0 Å². The summed E-state index contributed by atoms with van der Waals surface area (Å²) >= 11 is 19.8. The maximum atomic E-state index is 5.87. The molecule has 0 saturated carbocycles. The van der Waals surface area contributed by atoms with E-state index in [0.717, 1.165) is 47.7 Å². The Morgan fingerprint density at radius 2 is 1.41 bits per heavy atom. The number of nitrogens with one attached hydrogen (secondary N) is 1. The lowest BCUT2D eigenvalue weighted by atomic mass is 10.4. The first kappa shape index (κ1) is 32.8. The minimum absolute atomic E-state index is 0.429. The van der Waals surface area contributed by atoms with Gasteiger partial charge in [-0.25, -0.2) is 34.6 Å². The van der Waals surface area contributed by atoms with Crippen molar-refractivity contribution in [2.75, 3.05) is 4.43 Å². The summed E-state index contributed by atoms with van der Waals surface area (Å²) in [5, 5.41) is 18.6. The van der Waals surface area contributed by atoms with E-state index in [1.54, 1.807) is 12.4 Å². The van der Waals surface area contributed by atoms with Crippen LogP contribution in [0.2, 0.25) is 15.5 Å². The summed E-state index contributed by atoms with van der Waals surface area (Å²) in [6.45, 7) is 8.14. The van der Waals surface area contributed by atoms with Crippen LogP contribution >= 0.6 is 57.4 Å². The normalized spacial score (nSPS) is 10.5. The number of H-pyrrole nitrogens is 1. The molecular weight excluding hydrogens is 702 g/mol. The van der Waals surface area contributed by atoms with Gasteiger partial charge in [0.2, 0.25) is 0 Å². The van der Waals surface area contributed by atoms with Gasteiger partial charge in [0, 0.05) is 19.3 Å². The summed E-state index contributed by atoms with van der Waals surface area (Å²) in [5.41, 5.74) is 2.13. The molecule has 41 heavy (non-hydrogen) atoms. The molecule has 0 aromatic carbocycles. The average Bonchev–Trinajstić information content (AvgIpc) is 3.71. The number of halogens is 4. The summed E-state index contributed by atoms with van der Waals surface area (Å²) in [4.78, 5) is 23.6. The fourth-order valence-corrected chi connectivity index (χ4v) is 4.61. The molecule has 6 aromatic heterocycles. The molecule has 12 nitrogen and oxygen atoms in total. The van der Waals surface area contributed by atoms with Gasteiger partial charge in [0.25, 0.3) is 0 Å². The van der Waals surface area contributed by atoms with Crippen LogP contribution in [0.1, 0.15) is 46.5 Å². The third-order valence-corrected chi connectivity index (χ3v) is 6.94. The molecule has 218 valence electrons. The summed E-state index contributed by atoms with van der Waals surface area (Å²) in [7, 11) is 0. The Morgan fingerprint density at radius 3 is 2.02 bits per heavy atom. The third kappa shape index (κ3) is 9.38. The lowest BCUT2D eigenvalue weighted by molar-refractivity contribution is 0.607. The van der Waals surface area contributed by atoms with Gasteiger partial charge in [-0.3, -0.25) is 9.78 Å². The number of hydrogen-bond donors (Lipinski definition) is 1. The van der Waals surface area contributed by atoms with Gasteiger partial charge < -0.3 is 0 Å². The Morgan fingerprint density at radius 1 is 0.756 bits per heavy atom. The van der Waals surface area contributed by atoms with Gasteiger partial charge in [-0.2, -0.15) is 15.3 Å². The topological polar surface area (TPSA) is 142 Å². The Balaban J connectivity index is 0.000000158. The molecule has 6 heterocycles. The van der Waals surface area contributed by atoms with E-state index < -0.39 is 0 Å². The average molecular weight is 732 g/mol. The first-order valence-electron chi connectivity index (χ1n) is 12.9. The third-order valence-electron chi connectivity index (χ3n) is 5.28. The van der Waals surface area contributed by atoms with E-state index in [9.17, 15) is 0 Å². The molecule has 0 aliphatic carbocycles. The largest absolute Gasteiger partial charge is 0.270 e. The Kier molecular flexibility index (Phi) is 13.8. The van der Waals surface area contributed by atoms with E-state index in [1.807, 2.05) is 15.6 Å². The highest BCUT2D eigenvalue weighted by Crippen LogP contribution is 2.19. The van der Waals surface area contributed by atoms with E-state index in [1.165, 1.54) is 36.3 Å². The van der Waals surface area contributed by atoms with Crippen LogP contribution in [-0.4, -0.2) is 64.1 Å². The van der Waals surface area contributed by atoms with E-state index in [2.05, 4.69) is 93.7 Å². The van der Waals surface area contributed by atoms with Crippen molar-refractivity contribution in [1.82, 2.24) is 59.7 Å². The molecule has 0 amide bonds. The maximum absolute atomic E-state index is 5.87. The van der Waals surface area contributed by atoms with Crippen molar-refractivity contribution >= 4 is 90.5 Å². The molecular formula is C25H30Cl3IN12. The van der Waals surface area contributed by atoms with Gasteiger partial charge in [-0.1, -0.05) is 84.6 Å². The van der Waals surface area contributed by atoms with Crippen LogP contribution < -0.4 is 0 Å². The lowest BCUT2D eigenvalue weighted by Gasteiger charge is -1.98. The molecule has 0 radical (unpaired) electrons. The molecule has 1 N–H and O–H groups in total. The van der Waals surface area contributed by atoms with Crippen LogP contribution in [0.15, 0.2) is 37.6 Å². The van der Waals surface area contributed by atoms with Crippen molar-refractivity contribution in [1.29, 1.82) is 0 Å². The number of aromatic amines is 1. The van der Waals surface area contributed by atoms with Crippen molar-refractivity contribution in [3.05, 3.63) is 53.0 Å². The van der Waals surface area contributed by atoms with Gasteiger partial charge >= 0.3 is 0 Å². The molecule has 0 aliphatic heterocycles. The monoisotopic (exact) mass is 730 g/mol. The predicted molar refractivity (Wildman–Crippen MR) is 172 cm³/mol. The Bertz CT molecular complexity index is 1620. The van der Waals surface area contributed by atoms with E-state index in [4.69, 9.17) is 34.8 Å². The minimum atomic E-state index is 0.429. The van der Waals surface area contributed by atoms with Crippen LogP contribution in [0.4, 0.5) is 0 Å². The van der Waals surface area contributed by atoms with Crippen molar-refractivity contribution < 1.29 is 0 Å². The summed E-state index contributed by atoms with van der Waals surface area (Å²) < 4.78 is 4.99. The number of aryl methyl sites for hydroxylation is 2. The number of hydrogen-bond acceptors (Lipinski definition) is 9. The van der Waals surface area contributed by atoms with Gasteiger partial charge in [0.15, 0.2) is 16.9 Å². The van der Waals surface area contributed by atoms with E-state index in [-0.39, 0.29) is 0 Å². The van der Waals surface area contributed by atoms with Crippen LogP contribution in [0.25, 0.3) is 33.1 Å². The zero-order chi connectivity index (χ0) is 29.6. The van der Waals surface area contributed by atoms with Crippen molar-refractivity contribution in [3.63, 3.8) is 0 Å². The predicted octanol–water partition coefficient (Wildman–Crippen LogP) is 7.01. The number of nitrogens with zero attached hydrogens (tertiary/aromatic N) is 11. The highest BCUT2D eigenvalue weighted by Gasteiger charge is 2.07. The SMILES string of the molecule is CCCCI.CCCn1cc2c(Cl)ncnc2n1.CCCn1ncc2c(Cl)ncnc21.Clc1ncnc2[nH]ncc12. The van der Waals surface area contributed by atoms with Crippen LogP contribution in [0.5, 0.6) is 0 Å². The van der Waals surface area contributed by atoms with E-state index >= 15 is 0 Å². The van der Waals surface area contributed by atoms with Gasteiger partial charge in [0.05, 0.1) is 28.6 Å². The highest BCUT2D eigenvalue weighted by molar-refractivity contribution is 14.1. The van der Waals surface area contributed by atoms with Crippen LogP contribution in [0, 0.1) is 0 Å². The fourth-order valence-electron chi connectivity index (χ4n) is 3.31. The zero-order valence-corrected chi connectivity index (χ0v) is 27.3. The number of alkyl halides is 1. The van der Waals surface area contributed by atoms with Crippen molar-refractivity contribution in [2.45, 2.75) is 59.5 Å². The summed E-state index contributed by atoms with van der Waals surface area (Å²) in [6, 6.07) is 0. The van der Waals surface area contributed by atoms with Crippen LogP contribution in [0.3, 0.4) is 0 Å². The van der Waals surface area contributed by atoms with E-state index in [0.29, 0.717) is 26.8 Å². The minimum Gasteiger partial charge on any atom is -0.270 e. The van der Waals surface area contributed by atoms with Gasteiger partial charge in [0.1, 0.15) is 34.4 Å². The smallest absolute Gasteiger partial charge is 0.185 e. The molecule has 0 aliphatic rings. The molecule has 0 saturated heterocycles. The Labute approximate surface area is 265 Å². The highest BCUT2D eigenvalue weighted by atomic mass is 127. The standard InChI is InChI=1S/2C8H9ClN4.C5H3ClN4.C4H9I/c1-2-3-13-4-6-7(9)10-5-11-8(6)12-13;1-2-3-13-8-6(4-12-13)7(9)10-5-11-8;6-4-3-1-9-10-5(3)8-2-7-4;1-2-3-4-5/h2*4-5H,2-3H2,1H3;1-2H,(H,7,8,9,10);2-4H2,1H3. The first-order chi connectivity index (χ1) is 19.9. The molecule has 6 aromatic rings. The number of fused-ring (bicyclic) bond motifs is 3. The second kappa shape index (κ2) is 17.3. The molecule has 0 spiro atoms. The van der Waals surface area contributed by atoms with Gasteiger partial charge in [-0.05, 0) is 23.7 Å².